The summed E-state index contributed by atoms with van der Waals surface area (Å²) in [5.74, 6) is -1.77. The van der Waals surface area contributed by atoms with Gasteiger partial charge in [-0.25, -0.2) is 14.2 Å². The molecule has 0 bridgehead atoms. The van der Waals surface area contributed by atoms with E-state index in [1.807, 2.05) is 41.8 Å². The number of alkyl halides is 1. The number of aromatic nitrogens is 3. The molecule has 16 heteroatoms. The van der Waals surface area contributed by atoms with E-state index < -0.39 is 47.8 Å². The molecule has 0 fully saturated rings. The van der Waals surface area contributed by atoms with Crippen LogP contribution in [0.1, 0.15) is 87.6 Å². The molecule has 3 aromatic rings. The van der Waals surface area contributed by atoms with Crippen molar-refractivity contribution in [1.82, 2.24) is 14.5 Å². The minimum Gasteiger partial charge on any atom is -0.495 e. The summed E-state index contributed by atoms with van der Waals surface area (Å²) in [5.41, 5.74) is 2.28. The summed E-state index contributed by atoms with van der Waals surface area (Å²) in [6.45, 7) is 4.86. The minimum absolute atomic E-state index is 0.0558. The van der Waals surface area contributed by atoms with Crippen LogP contribution in [-0.4, -0.2) is 93.5 Å². The van der Waals surface area contributed by atoms with Crippen molar-refractivity contribution < 1.29 is 52.7 Å². The second kappa shape index (κ2) is 19.2. The van der Waals surface area contributed by atoms with Crippen LogP contribution in [0, 0.1) is 6.92 Å². The maximum atomic E-state index is 15.2. The number of esters is 2. The third-order valence-corrected chi connectivity index (χ3v) is 8.80. The number of rotatable bonds is 16. The van der Waals surface area contributed by atoms with Gasteiger partial charge in [-0.1, -0.05) is 6.07 Å². The number of fused-ring (bicyclic) bond motifs is 3. The second-order valence-electron chi connectivity index (χ2n) is 12.4. The van der Waals surface area contributed by atoms with E-state index in [9.17, 15) is 19.2 Å². The zero-order valence-corrected chi connectivity index (χ0v) is 31.5. The van der Waals surface area contributed by atoms with E-state index in [0.717, 1.165) is 21.4 Å². The normalized spacial score (nSPS) is 14.6. The van der Waals surface area contributed by atoms with Crippen LogP contribution >= 0.6 is 15.9 Å². The van der Waals surface area contributed by atoms with Gasteiger partial charge < -0.3 is 29.2 Å². The first-order chi connectivity index (χ1) is 24.6. The molecule has 3 heterocycles. The van der Waals surface area contributed by atoms with E-state index in [1.165, 1.54) is 28.1 Å². The van der Waals surface area contributed by atoms with Crippen molar-refractivity contribution in [3.63, 3.8) is 0 Å². The van der Waals surface area contributed by atoms with E-state index >= 15 is 4.39 Å². The summed E-state index contributed by atoms with van der Waals surface area (Å²) in [7, 11) is 4.09. The molecule has 1 aliphatic heterocycles. The number of halogens is 2. The van der Waals surface area contributed by atoms with Crippen molar-refractivity contribution in [3.8, 4) is 11.4 Å². The number of aryl methyl sites for hydroxylation is 1. The van der Waals surface area contributed by atoms with E-state index in [1.54, 1.807) is 19.5 Å². The third-order valence-electron chi connectivity index (χ3n) is 8.18. The Bertz CT molecular complexity index is 1730. The Kier molecular flexibility index (Phi) is 15.4. The number of carbonyl (C=O) groups excluding carboxylic acids is 2. The molecule has 0 amide bonds. The molecule has 0 radical (unpaired) electrons. The van der Waals surface area contributed by atoms with E-state index in [-0.39, 0.29) is 32.1 Å². The number of benzene rings is 1. The third kappa shape index (κ3) is 11.1. The summed E-state index contributed by atoms with van der Waals surface area (Å²) < 4.78 is 38.8. The highest BCUT2D eigenvalue weighted by molar-refractivity contribution is 9.10. The van der Waals surface area contributed by atoms with Crippen molar-refractivity contribution in [2.75, 3.05) is 21.3 Å². The molecule has 1 aliphatic rings. The maximum Gasteiger partial charge on any atom is 0.335 e. The Morgan fingerprint density at radius 2 is 1.69 bits per heavy atom. The fourth-order valence-corrected chi connectivity index (χ4v) is 5.87. The lowest BCUT2D eigenvalue weighted by atomic mass is 9.97. The van der Waals surface area contributed by atoms with Crippen molar-refractivity contribution in [3.05, 3.63) is 70.0 Å². The summed E-state index contributed by atoms with van der Waals surface area (Å²) in [6.07, 6.45) is 1.54. The van der Waals surface area contributed by atoms with Gasteiger partial charge in [0.05, 0.1) is 35.8 Å². The van der Waals surface area contributed by atoms with E-state index in [0.29, 0.717) is 35.8 Å². The van der Waals surface area contributed by atoms with Crippen molar-refractivity contribution in [1.29, 1.82) is 0 Å². The van der Waals surface area contributed by atoms with Crippen LogP contribution < -0.4 is 4.74 Å². The number of imidazole rings is 1. The molecule has 2 aromatic heterocycles. The van der Waals surface area contributed by atoms with Gasteiger partial charge >= 0.3 is 23.9 Å². The van der Waals surface area contributed by atoms with Crippen molar-refractivity contribution in [2.24, 2.45) is 4.99 Å². The fraction of sp³-hybridized carbons (Fsp3) is 0.472. The lowest BCUT2D eigenvalue weighted by molar-refractivity contribution is -0.167. The van der Waals surface area contributed by atoms with Crippen molar-refractivity contribution in [2.45, 2.75) is 89.6 Å². The van der Waals surface area contributed by atoms with Gasteiger partial charge in [0.25, 0.3) is 0 Å². The van der Waals surface area contributed by atoms with Gasteiger partial charge in [0.15, 0.2) is 6.10 Å². The van der Waals surface area contributed by atoms with Gasteiger partial charge in [-0.05, 0) is 74.2 Å². The average Bonchev–Trinajstić information content (AvgIpc) is 3.43. The molecule has 0 saturated heterocycles. The van der Waals surface area contributed by atoms with Gasteiger partial charge in [0, 0.05) is 62.5 Å². The Morgan fingerprint density at radius 1 is 1.02 bits per heavy atom. The quantitative estimate of drug-likeness (QED) is 0.128. The van der Waals surface area contributed by atoms with E-state index in [2.05, 4.69) is 30.6 Å². The molecule has 52 heavy (non-hydrogen) atoms. The summed E-state index contributed by atoms with van der Waals surface area (Å²) in [6, 6.07) is 8.90. The van der Waals surface area contributed by atoms with Crippen LogP contribution in [0.3, 0.4) is 0 Å². The number of carboxylic acids is 2. The number of hydrogen-bond donors (Lipinski definition) is 2. The molecule has 2 unspecified atom stereocenters. The lowest BCUT2D eigenvalue weighted by Gasteiger charge is -2.30. The Balaban J connectivity index is 0.000000636. The molecule has 0 spiro atoms. The highest BCUT2D eigenvalue weighted by Crippen LogP contribution is 2.38. The number of ether oxygens (including phenoxy) is 4. The predicted octanol–water partition coefficient (Wildman–Crippen LogP) is 5.97. The van der Waals surface area contributed by atoms with Gasteiger partial charge in [0.2, 0.25) is 0 Å². The topological polar surface area (TPSA) is 189 Å². The molecule has 2 N–H and O–H groups in total. The maximum absolute atomic E-state index is 15.2. The Morgan fingerprint density at radius 3 is 2.25 bits per heavy atom. The van der Waals surface area contributed by atoms with Crippen LogP contribution in [0.2, 0.25) is 0 Å². The van der Waals surface area contributed by atoms with Gasteiger partial charge in [0.1, 0.15) is 29.4 Å². The van der Waals surface area contributed by atoms with E-state index in [4.69, 9.17) is 29.4 Å². The zero-order chi connectivity index (χ0) is 38.6. The highest BCUT2D eigenvalue weighted by Gasteiger charge is 2.38. The highest BCUT2D eigenvalue weighted by atomic mass is 79.9. The number of carbonyl (C=O) groups is 4. The van der Waals surface area contributed by atoms with Gasteiger partial charge in [-0.3, -0.25) is 28.9 Å². The van der Waals surface area contributed by atoms with Crippen LogP contribution in [0.15, 0.2) is 52.2 Å². The first-order valence-electron chi connectivity index (χ1n) is 16.4. The molecule has 14 nitrogen and oxygen atoms in total. The number of carboxylic acid groups (broad SMARTS) is 2. The monoisotopic (exact) mass is 790 g/mol. The number of hydrogen-bond acceptors (Lipinski definition) is 11. The average molecular weight is 792 g/mol. The molecule has 0 aliphatic carbocycles. The van der Waals surface area contributed by atoms with Crippen molar-refractivity contribution >= 4 is 45.5 Å². The SMILES string of the molecule is COC(=O)C(CC(F)C(C)(C)OC(=O)CC[C@@H]1N=C(c2ccccn2)c2cc(Br)c(OC)cc2-n2c(C)cnc21)OC.O=C(O)CCCCC(=O)O. The standard InChI is InChI=1S/C30H34BrFN4O6.C6H10O4/c1-17-16-34-28-21(10-11-26(37)42-30(2,3)25(32)15-24(40-5)29(38)41-6)35-27(20-9-7-8-12-33-20)18-13-19(31)23(39-4)14-22(18)36(17)28;7-5(8)3-1-2-4-6(9)10/h7-9,12-14,16,21,24-25H,10-11,15H2,1-6H3;1-4H2,(H,7,8)(H,9,10)/t21-,24?,25?;/m0./s1. The first-order valence-corrected chi connectivity index (χ1v) is 17.2. The fourth-order valence-electron chi connectivity index (χ4n) is 5.37. The van der Waals surface area contributed by atoms with Crippen LogP contribution in [0.5, 0.6) is 5.75 Å². The number of nitrogens with zero attached hydrogens (tertiary/aromatic N) is 4. The smallest absolute Gasteiger partial charge is 0.335 e. The largest absolute Gasteiger partial charge is 0.495 e. The predicted molar refractivity (Wildman–Crippen MR) is 191 cm³/mol. The van der Waals surface area contributed by atoms with Gasteiger partial charge in [-0.2, -0.15) is 0 Å². The molecule has 1 aromatic carbocycles. The number of aliphatic carboxylic acids is 2. The Labute approximate surface area is 309 Å². The summed E-state index contributed by atoms with van der Waals surface area (Å²) >= 11 is 3.60. The minimum atomic E-state index is -1.68. The van der Waals surface area contributed by atoms with Gasteiger partial charge in [-0.15, -0.1) is 0 Å². The molecule has 4 rings (SSSR count). The number of pyridine rings is 1. The number of unbranched alkanes of at least 4 members (excludes halogenated alkanes) is 1. The molecular formula is C36H44BrFN4O10. The molecular weight excluding hydrogens is 747 g/mol. The number of aliphatic imine (C=N–C) groups is 1. The number of methoxy groups -OCH3 is 3. The van der Waals surface area contributed by atoms with Crippen LogP contribution in [0.25, 0.3) is 5.69 Å². The molecule has 3 atom stereocenters. The summed E-state index contributed by atoms with van der Waals surface area (Å²) in [5, 5.41) is 16.3. The van der Waals surface area contributed by atoms with Crippen LogP contribution in [-0.2, 0) is 33.4 Å². The zero-order valence-electron chi connectivity index (χ0n) is 29.9. The Hall–Kier alpha value is -4.70. The summed E-state index contributed by atoms with van der Waals surface area (Å²) in [4.78, 5) is 59.0. The molecule has 0 saturated carbocycles. The second-order valence-corrected chi connectivity index (χ2v) is 13.2. The molecule has 282 valence electrons. The first kappa shape index (κ1) is 41.7. The van der Waals surface area contributed by atoms with Crippen LogP contribution in [0.4, 0.5) is 4.39 Å². The lowest BCUT2D eigenvalue weighted by Crippen LogP contribution is -2.42.